The van der Waals surface area contributed by atoms with Crippen molar-refractivity contribution in [1.29, 1.82) is 0 Å². The Hall–Kier alpha value is -2.74. The van der Waals surface area contributed by atoms with Gasteiger partial charge in [0.1, 0.15) is 5.75 Å². The molecule has 0 fully saturated rings. The minimum absolute atomic E-state index is 0.154. The highest BCUT2D eigenvalue weighted by Gasteiger charge is 2.19. The maximum atomic E-state index is 5.90. The molecule has 0 radical (unpaired) electrons. The molecular weight excluding hydrogens is 448 g/mol. The Labute approximate surface area is 204 Å². The molecule has 2 aromatic carbocycles. The van der Waals surface area contributed by atoms with Crippen LogP contribution < -0.4 is 4.74 Å². The quantitative estimate of drug-likeness (QED) is 0.283. The van der Waals surface area contributed by atoms with Gasteiger partial charge >= 0.3 is 0 Å². The highest BCUT2D eigenvalue weighted by atomic mass is 32.1. The van der Waals surface area contributed by atoms with E-state index in [0.29, 0.717) is 11.4 Å². The molecule has 0 amide bonds. The van der Waals surface area contributed by atoms with E-state index in [2.05, 4.69) is 68.4 Å². The Bertz CT molecular complexity index is 1270. The number of benzene rings is 2. The van der Waals surface area contributed by atoms with Gasteiger partial charge in [-0.15, -0.1) is 16.4 Å². The summed E-state index contributed by atoms with van der Waals surface area (Å²) in [5, 5.41) is 6.97. The Morgan fingerprint density at radius 2 is 1.76 bits per heavy atom. The number of aromatic nitrogens is 3. The van der Waals surface area contributed by atoms with Crippen LogP contribution in [0.5, 0.6) is 5.75 Å². The van der Waals surface area contributed by atoms with E-state index in [1.54, 1.807) is 18.4 Å². The summed E-state index contributed by atoms with van der Waals surface area (Å²) < 4.78 is 10.2. The Balaban J connectivity index is 1.64. The van der Waals surface area contributed by atoms with E-state index in [1.807, 2.05) is 39.6 Å². The van der Waals surface area contributed by atoms with Crippen molar-refractivity contribution in [2.24, 2.45) is 0 Å². The molecule has 0 unspecified atom stereocenters. The van der Waals surface area contributed by atoms with Crippen molar-refractivity contribution in [2.75, 3.05) is 14.2 Å². The van der Waals surface area contributed by atoms with E-state index >= 15 is 0 Å². The Morgan fingerprint density at radius 3 is 2.39 bits per heavy atom. The fourth-order valence-electron chi connectivity index (χ4n) is 3.80. The monoisotopic (exact) mass is 478 g/mol. The van der Waals surface area contributed by atoms with Crippen molar-refractivity contribution in [1.82, 2.24) is 19.2 Å². The molecule has 0 saturated heterocycles. The first-order chi connectivity index (χ1) is 15.8. The van der Waals surface area contributed by atoms with E-state index in [-0.39, 0.29) is 5.41 Å². The predicted octanol–water partition coefficient (Wildman–Crippen LogP) is 6.53. The third kappa shape index (κ3) is 5.11. The van der Waals surface area contributed by atoms with Crippen molar-refractivity contribution in [3.05, 3.63) is 81.9 Å². The van der Waals surface area contributed by atoms with Gasteiger partial charge < -0.3 is 4.74 Å². The molecule has 0 spiro atoms. The zero-order chi connectivity index (χ0) is 23.6. The molecule has 5 nitrogen and oxygen atoms in total. The molecule has 7 heteroatoms. The van der Waals surface area contributed by atoms with Gasteiger partial charge in [0.2, 0.25) is 4.77 Å². The number of thiophene rings is 1. The largest absolute Gasteiger partial charge is 0.495 e. The SMILES string of the molecule is COc1ccccc1-n1c(-c2cccs2)nn(CN(C)Cc2ccc(C(C)(C)C)cc2)c1=S. The molecule has 0 atom stereocenters. The van der Waals surface area contributed by atoms with Crippen LogP contribution in [0.3, 0.4) is 0 Å². The average Bonchev–Trinajstić information content (AvgIpc) is 3.42. The molecular formula is C26H30N4OS2. The van der Waals surface area contributed by atoms with Crippen molar-refractivity contribution >= 4 is 23.6 Å². The molecule has 0 aliphatic heterocycles. The minimum atomic E-state index is 0.154. The highest BCUT2D eigenvalue weighted by Crippen LogP contribution is 2.31. The van der Waals surface area contributed by atoms with E-state index in [1.165, 1.54) is 11.1 Å². The van der Waals surface area contributed by atoms with Crippen molar-refractivity contribution in [2.45, 2.75) is 39.4 Å². The minimum Gasteiger partial charge on any atom is -0.495 e. The standard InChI is InChI=1S/C26H30N4OS2/c1-26(2,3)20-14-12-19(13-15-20)17-28(4)18-29-25(32)30(21-9-6-7-10-22(21)31-5)24(27-29)23-11-8-16-33-23/h6-16H,17-18H2,1-5H3. The first kappa shape index (κ1) is 23.4. The topological polar surface area (TPSA) is 35.2 Å². The van der Waals surface area contributed by atoms with E-state index < -0.39 is 0 Å². The van der Waals surface area contributed by atoms with Crippen LogP contribution in [0.2, 0.25) is 0 Å². The lowest BCUT2D eigenvalue weighted by Gasteiger charge is -2.20. The lowest BCUT2D eigenvalue weighted by atomic mass is 9.87. The van der Waals surface area contributed by atoms with Gasteiger partial charge in [-0.3, -0.25) is 9.47 Å². The van der Waals surface area contributed by atoms with E-state index in [9.17, 15) is 0 Å². The predicted molar refractivity (Wildman–Crippen MR) is 139 cm³/mol. The number of nitrogens with zero attached hydrogens (tertiary/aromatic N) is 4. The van der Waals surface area contributed by atoms with Crippen LogP contribution in [0.1, 0.15) is 31.9 Å². The Morgan fingerprint density at radius 1 is 1.03 bits per heavy atom. The molecule has 2 aromatic heterocycles. The summed E-state index contributed by atoms with van der Waals surface area (Å²) in [5.41, 5.74) is 3.65. The summed E-state index contributed by atoms with van der Waals surface area (Å²) >= 11 is 7.55. The number of hydrogen-bond acceptors (Lipinski definition) is 5. The van der Waals surface area contributed by atoms with Gasteiger partial charge in [0.05, 0.1) is 24.3 Å². The molecule has 0 bridgehead atoms. The average molecular weight is 479 g/mol. The van der Waals surface area contributed by atoms with Gasteiger partial charge in [-0.05, 0) is 59.4 Å². The van der Waals surface area contributed by atoms with Crippen LogP contribution >= 0.6 is 23.6 Å². The second-order valence-electron chi connectivity index (χ2n) is 9.19. The van der Waals surface area contributed by atoms with Crippen LogP contribution in [-0.4, -0.2) is 33.4 Å². The van der Waals surface area contributed by atoms with Gasteiger partial charge in [0.15, 0.2) is 5.82 Å². The number of ether oxygens (including phenoxy) is 1. The van der Waals surface area contributed by atoms with Crippen molar-refractivity contribution in [3.8, 4) is 22.1 Å². The number of methoxy groups -OCH3 is 1. The smallest absolute Gasteiger partial charge is 0.204 e. The third-order valence-corrected chi connectivity index (χ3v) is 6.81. The first-order valence-electron chi connectivity index (χ1n) is 10.9. The maximum Gasteiger partial charge on any atom is 0.204 e. The second-order valence-corrected chi connectivity index (χ2v) is 10.5. The van der Waals surface area contributed by atoms with Gasteiger partial charge in [-0.2, -0.15) is 0 Å². The molecule has 33 heavy (non-hydrogen) atoms. The zero-order valence-electron chi connectivity index (χ0n) is 19.8. The maximum absolute atomic E-state index is 5.90. The summed E-state index contributed by atoms with van der Waals surface area (Å²) in [4.78, 5) is 3.28. The highest BCUT2D eigenvalue weighted by molar-refractivity contribution is 7.71. The lowest BCUT2D eigenvalue weighted by molar-refractivity contribution is 0.244. The van der Waals surface area contributed by atoms with Gasteiger partial charge in [-0.25, -0.2) is 4.68 Å². The first-order valence-corrected chi connectivity index (χ1v) is 12.2. The fourth-order valence-corrected chi connectivity index (χ4v) is 4.78. The fraction of sp³-hybridized carbons (Fsp3) is 0.308. The molecule has 0 aliphatic carbocycles. The van der Waals surface area contributed by atoms with E-state index in [4.69, 9.17) is 22.1 Å². The van der Waals surface area contributed by atoms with Crippen LogP contribution in [0.15, 0.2) is 66.0 Å². The van der Waals surface area contributed by atoms with Gasteiger partial charge in [0, 0.05) is 6.54 Å². The van der Waals surface area contributed by atoms with Gasteiger partial charge in [-0.1, -0.05) is 63.2 Å². The Kier molecular flexibility index (Phi) is 6.83. The zero-order valence-corrected chi connectivity index (χ0v) is 21.4. The van der Waals surface area contributed by atoms with Gasteiger partial charge in [0.25, 0.3) is 0 Å². The van der Waals surface area contributed by atoms with Crippen LogP contribution in [0, 0.1) is 4.77 Å². The number of hydrogen-bond donors (Lipinski definition) is 0. The molecule has 0 N–H and O–H groups in total. The summed E-state index contributed by atoms with van der Waals surface area (Å²) in [6.45, 7) is 8.10. The summed E-state index contributed by atoms with van der Waals surface area (Å²) in [7, 11) is 3.77. The third-order valence-electron chi connectivity index (χ3n) is 5.55. The second kappa shape index (κ2) is 9.63. The summed E-state index contributed by atoms with van der Waals surface area (Å²) in [6, 6.07) is 20.9. The molecule has 0 aliphatic rings. The lowest BCUT2D eigenvalue weighted by Crippen LogP contribution is -2.22. The van der Waals surface area contributed by atoms with Crippen molar-refractivity contribution < 1.29 is 4.74 Å². The van der Waals surface area contributed by atoms with Crippen LogP contribution in [-0.2, 0) is 18.6 Å². The molecule has 4 rings (SSSR count). The number of para-hydroxylation sites is 2. The number of rotatable bonds is 7. The molecule has 4 aromatic rings. The summed E-state index contributed by atoms with van der Waals surface area (Å²) in [5.74, 6) is 1.58. The molecule has 0 saturated carbocycles. The van der Waals surface area contributed by atoms with Crippen LogP contribution in [0.4, 0.5) is 0 Å². The normalized spacial score (nSPS) is 11.8. The van der Waals surface area contributed by atoms with E-state index in [0.717, 1.165) is 28.7 Å². The van der Waals surface area contributed by atoms with Crippen molar-refractivity contribution in [3.63, 3.8) is 0 Å². The molecule has 2 heterocycles. The summed E-state index contributed by atoms with van der Waals surface area (Å²) in [6.07, 6.45) is 0. The molecule has 172 valence electrons. The van der Waals surface area contributed by atoms with Crippen LogP contribution in [0.25, 0.3) is 16.4 Å².